The quantitative estimate of drug-likeness (QED) is 0.0964. The number of hydrogen-bond acceptors (Lipinski definition) is 9. The summed E-state index contributed by atoms with van der Waals surface area (Å²) in [5.41, 5.74) is 12.1. The summed E-state index contributed by atoms with van der Waals surface area (Å²) in [5, 5.41) is 16.8. The summed E-state index contributed by atoms with van der Waals surface area (Å²) in [7, 11) is 1.45. The second-order valence-electron chi connectivity index (χ2n) is 6.81. The maximum absolute atomic E-state index is 14.2. The van der Waals surface area contributed by atoms with Crippen LogP contribution in [0.3, 0.4) is 0 Å². The van der Waals surface area contributed by atoms with Crippen molar-refractivity contribution in [2.24, 2.45) is 5.11 Å². The van der Waals surface area contributed by atoms with Gasteiger partial charge in [-0.2, -0.15) is 17.7 Å². The van der Waals surface area contributed by atoms with Crippen LogP contribution in [0.1, 0.15) is 37.5 Å². The topological polar surface area (TPSA) is 115 Å². The van der Waals surface area contributed by atoms with Crippen LogP contribution in [0.2, 0.25) is 0 Å². The lowest BCUT2D eigenvalue weighted by atomic mass is 9.93. The van der Waals surface area contributed by atoms with E-state index in [1.54, 1.807) is 25.4 Å². The zero-order valence-electron chi connectivity index (χ0n) is 18.4. The number of nitrogens with one attached hydrogen (secondary N) is 4. The van der Waals surface area contributed by atoms with E-state index in [0.29, 0.717) is 45.0 Å². The first-order valence-corrected chi connectivity index (χ1v) is 11.3. The molecule has 2 aromatic rings. The number of pyridine rings is 1. The summed E-state index contributed by atoms with van der Waals surface area (Å²) in [6, 6.07) is 5.87. The van der Waals surface area contributed by atoms with Crippen LogP contribution in [-0.4, -0.2) is 24.4 Å². The maximum Gasteiger partial charge on any atom is 0.192 e. The number of aromatic nitrogens is 1. The number of allylic oxidation sites excluding steroid dienone is 1. The molecule has 0 fully saturated rings. The van der Waals surface area contributed by atoms with Gasteiger partial charge in [0.2, 0.25) is 0 Å². The molecule has 11 heteroatoms. The Bertz CT molecular complexity index is 1060. The second-order valence-corrected chi connectivity index (χ2v) is 7.98. The first kappa shape index (κ1) is 26.5. The number of halogens is 2. The molecule has 8 nitrogen and oxygen atoms in total. The summed E-state index contributed by atoms with van der Waals surface area (Å²) >= 11 is 7.61. The average Bonchev–Trinajstić information content (AvgIpc) is 2.80. The number of thiol groups is 1. The Morgan fingerprint density at radius 3 is 2.79 bits per heavy atom. The Labute approximate surface area is 206 Å². The SMILES string of the molecule is CCN/C=C(/C/C(=C/S)C(=N)c1ccc(F)cc1C(C)Oc1cc(Br)cnc1NOC)N=N. The zero-order chi connectivity index (χ0) is 24.4. The zero-order valence-corrected chi connectivity index (χ0v) is 20.9. The van der Waals surface area contributed by atoms with Gasteiger partial charge in [0.15, 0.2) is 11.6 Å². The van der Waals surface area contributed by atoms with Crippen molar-refractivity contribution in [3.63, 3.8) is 0 Å². The number of anilines is 1. The van der Waals surface area contributed by atoms with E-state index in [4.69, 9.17) is 20.5 Å². The molecule has 1 aromatic carbocycles. The van der Waals surface area contributed by atoms with Crippen molar-refractivity contribution in [2.45, 2.75) is 26.4 Å². The predicted molar refractivity (Wildman–Crippen MR) is 133 cm³/mol. The van der Waals surface area contributed by atoms with E-state index < -0.39 is 11.9 Å². The van der Waals surface area contributed by atoms with Gasteiger partial charge < -0.3 is 10.1 Å². The van der Waals surface area contributed by atoms with Gasteiger partial charge in [-0.1, -0.05) is 0 Å². The smallest absolute Gasteiger partial charge is 0.192 e. The van der Waals surface area contributed by atoms with Gasteiger partial charge in [-0.05, 0) is 65.0 Å². The third-order valence-electron chi connectivity index (χ3n) is 4.51. The largest absolute Gasteiger partial charge is 0.482 e. The Hall–Kier alpha value is -2.76. The molecule has 0 saturated carbocycles. The predicted octanol–water partition coefficient (Wildman–Crippen LogP) is 6.15. The molecule has 33 heavy (non-hydrogen) atoms. The van der Waals surface area contributed by atoms with E-state index in [-0.39, 0.29) is 12.1 Å². The molecule has 1 atom stereocenters. The molecule has 1 unspecified atom stereocenters. The molecule has 0 amide bonds. The van der Waals surface area contributed by atoms with Gasteiger partial charge in [0.1, 0.15) is 11.9 Å². The van der Waals surface area contributed by atoms with Gasteiger partial charge in [0, 0.05) is 41.0 Å². The highest BCUT2D eigenvalue weighted by molar-refractivity contribution is 9.10. The number of rotatable bonds is 12. The Kier molecular flexibility index (Phi) is 10.5. The molecule has 2 rings (SSSR count). The van der Waals surface area contributed by atoms with Crippen LogP contribution in [0.15, 0.2) is 62.9 Å². The monoisotopic (exact) mass is 536 g/mol. The molecule has 0 saturated heterocycles. The fourth-order valence-electron chi connectivity index (χ4n) is 2.94. The van der Waals surface area contributed by atoms with E-state index in [2.05, 4.69) is 49.5 Å². The van der Waals surface area contributed by atoms with Crippen LogP contribution >= 0.6 is 28.6 Å². The molecular weight excluding hydrogens is 511 g/mol. The Morgan fingerprint density at radius 2 is 2.15 bits per heavy atom. The first-order chi connectivity index (χ1) is 15.8. The summed E-state index contributed by atoms with van der Waals surface area (Å²) in [4.78, 5) is 9.16. The lowest BCUT2D eigenvalue weighted by Crippen LogP contribution is -2.14. The van der Waals surface area contributed by atoms with Crippen molar-refractivity contribution in [1.82, 2.24) is 10.3 Å². The summed E-state index contributed by atoms with van der Waals surface area (Å²) in [6.07, 6.45) is 2.78. The van der Waals surface area contributed by atoms with Crippen LogP contribution < -0.4 is 15.5 Å². The van der Waals surface area contributed by atoms with Gasteiger partial charge in [0.05, 0.1) is 18.5 Å². The number of nitrogens with zero attached hydrogens (tertiary/aromatic N) is 2. The Morgan fingerprint density at radius 1 is 1.39 bits per heavy atom. The lowest BCUT2D eigenvalue weighted by molar-refractivity contribution is 0.219. The second kappa shape index (κ2) is 13.1. The van der Waals surface area contributed by atoms with Gasteiger partial charge >= 0.3 is 0 Å². The molecule has 4 N–H and O–H groups in total. The van der Waals surface area contributed by atoms with Crippen molar-refractivity contribution >= 4 is 40.1 Å². The molecule has 176 valence electrons. The van der Waals surface area contributed by atoms with Crippen molar-refractivity contribution < 1.29 is 14.0 Å². The van der Waals surface area contributed by atoms with Crippen molar-refractivity contribution in [3.05, 3.63) is 74.8 Å². The molecule has 0 aliphatic carbocycles. The molecular formula is C22H26BrFN6O2S. The minimum Gasteiger partial charge on any atom is -0.482 e. The van der Waals surface area contributed by atoms with Crippen molar-refractivity contribution in [2.75, 3.05) is 19.1 Å². The highest BCUT2D eigenvalue weighted by Gasteiger charge is 2.21. The number of benzene rings is 1. The number of ether oxygens (including phenoxy) is 1. The van der Waals surface area contributed by atoms with Gasteiger partial charge in [-0.3, -0.25) is 10.2 Å². The van der Waals surface area contributed by atoms with Crippen LogP contribution in [0.5, 0.6) is 5.75 Å². The number of hydrogen-bond donors (Lipinski definition) is 5. The van der Waals surface area contributed by atoms with Crippen LogP contribution in [-0.2, 0) is 4.84 Å². The molecule has 0 radical (unpaired) electrons. The maximum atomic E-state index is 14.2. The minimum atomic E-state index is -0.636. The van der Waals surface area contributed by atoms with Crippen molar-refractivity contribution in [1.29, 1.82) is 10.9 Å². The third kappa shape index (κ3) is 7.37. The fraction of sp³-hybridized carbons (Fsp3) is 0.273. The lowest BCUT2D eigenvalue weighted by Gasteiger charge is -2.21. The summed E-state index contributed by atoms with van der Waals surface area (Å²) in [6.45, 7) is 4.36. The fourth-order valence-corrected chi connectivity index (χ4v) is 3.48. The van der Waals surface area contributed by atoms with Gasteiger partial charge in [-0.25, -0.2) is 20.4 Å². The highest BCUT2D eigenvalue weighted by atomic mass is 79.9. The van der Waals surface area contributed by atoms with E-state index in [0.717, 1.165) is 0 Å². The summed E-state index contributed by atoms with van der Waals surface area (Å²) < 4.78 is 21.0. The van der Waals surface area contributed by atoms with E-state index >= 15 is 0 Å². The normalized spacial score (nSPS) is 12.8. The standard InChI is InChI=1S/C22H26BrFN6O2S/c1-4-27-11-17(29-26)7-14(12-33)21(25)18-6-5-16(24)9-19(18)13(2)32-20-8-15(23)10-28-22(20)30-31-3/h5-6,8-13,25-27,33H,4,7H2,1-3H3,(H,28,30)/b14-12-,17-11-,25-21?,29-26?. The summed E-state index contributed by atoms with van der Waals surface area (Å²) in [5.74, 6) is 0.283. The molecule has 0 spiro atoms. The van der Waals surface area contributed by atoms with Gasteiger partial charge in [0.25, 0.3) is 0 Å². The molecule has 0 bridgehead atoms. The Balaban J connectivity index is 2.39. The minimum absolute atomic E-state index is 0.129. The first-order valence-electron chi connectivity index (χ1n) is 9.97. The van der Waals surface area contributed by atoms with Crippen molar-refractivity contribution in [3.8, 4) is 5.75 Å². The average molecular weight is 537 g/mol. The third-order valence-corrected chi connectivity index (χ3v) is 5.25. The van der Waals surface area contributed by atoms with E-state index in [1.165, 1.54) is 30.7 Å². The van der Waals surface area contributed by atoms with Crippen LogP contribution in [0.25, 0.3) is 0 Å². The van der Waals surface area contributed by atoms with Gasteiger partial charge in [-0.15, -0.1) is 0 Å². The molecule has 0 aliphatic heterocycles. The van der Waals surface area contributed by atoms with E-state index in [1.807, 2.05) is 6.92 Å². The van der Waals surface area contributed by atoms with Crippen LogP contribution in [0.4, 0.5) is 10.2 Å². The molecule has 1 heterocycles. The van der Waals surface area contributed by atoms with E-state index in [9.17, 15) is 4.39 Å². The highest BCUT2D eigenvalue weighted by Crippen LogP contribution is 2.32. The molecule has 1 aromatic heterocycles. The van der Waals surface area contributed by atoms with Crippen LogP contribution in [0, 0.1) is 16.8 Å². The molecule has 0 aliphatic rings.